The van der Waals surface area contributed by atoms with E-state index < -0.39 is 11.6 Å². The van der Waals surface area contributed by atoms with Gasteiger partial charge in [0.05, 0.1) is 12.7 Å². The van der Waals surface area contributed by atoms with E-state index in [0.717, 1.165) is 12.8 Å². The Labute approximate surface area is 134 Å². The Kier molecular flexibility index (Phi) is 9.09. The lowest BCUT2D eigenvalue weighted by Gasteiger charge is -2.30. The standard InChI is InChI=1S/C16H32N2O4/c1-7-8-13(19)17-11-9-16(4,5)22-12-10-15(2,3)18-14(20)21-6/h7-12H2,1-6H3,(H,17,19)(H,18,20). The second-order valence-electron chi connectivity index (χ2n) is 6.71. The van der Waals surface area contributed by atoms with Gasteiger partial charge < -0.3 is 20.1 Å². The molecule has 0 saturated heterocycles. The van der Waals surface area contributed by atoms with Crippen LogP contribution in [0.2, 0.25) is 0 Å². The molecule has 2 amide bonds. The zero-order valence-corrected chi connectivity index (χ0v) is 14.9. The van der Waals surface area contributed by atoms with Gasteiger partial charge >= 0.3 is 6.09 Å². The van der Waals surface area contributed by atoms with Crippen LogP contribution in [0.3, 0.4) is 0 Å². The van der Waals surface area contributed by atoms with E-state index in [9.17, 15) is 9.59 Å². The Bertz CT molecular complexity index is 354. The zero-order chi connectivity index (χ0) is 17.2. The number of hydrogen-bond acceptors (Lipinski definition) is 4. The maximum absolute atomic E-state index is 11.4. The molecular formula is C16H32N2O4. The summed E-state index contributed by atoms with van der Waals surface area (Å²) in [5, 5.41) is 5.65. The van der Waals surface area contributed by atoms with E-state index in [1.165, 1.54) is 7.11 Å². The molecule has 0 saturated carbocycles. The molecule has 0 aromatic rings. The molecule has 0 heterocycles. The fourth-order valence-electron chi connectivity index (χ4n) is 1.86. The van der Waals surface area contributed by atoms with Gasteiger partial charge in [0.25, 0.3) is 0 Å². The predicted octanol–water partition coefficient (Wildman–Crippen LogP) is 2.61. The molecule has 0 atom stereocenters. The molecule has 0 radical (unpaired) electrons. The van der Waals surface area contributed by atoms with Crippen LogP contribution in [0.25, 0.3) is 0 Å². The molecule has 0 unspecified atom stereocenters. The van der Waals surface area contributed by atoms with Crippen LogP contribution in [0.15, 0.2) is 0 Å². The monoisotopic (exact) mass is 316 g/mol. The summed E-state index contributed by atoms with van der Waals surface area (Å²) in [7, 11) is 1.35. The maximum atomic E-state index is 11.4. The van der Waals surface area contributed by atoms with Gasteiger partial charge in [-0.3, -0.25) is 4.79 Å². The lowest BCUT2D eigenvalue weighted by molar-refractivity contribution is -0.121. The topological polar surface area (TPSA) is 76.7 Å². The largest absolute Gasteiger partial charge is 0.453 e. The first-order valence-electron chi connectivity index (χ1n) is 7.88. The van der Waals surface area contributed by atoms with Crippen LogP contribution in [0, 0.1) is 0 Å². The minimum Gasteiger partial charge on any atom is -0.453 e. The first-order chi connectivity index (χ1) is 10.1. The second-order valence-corrected chi connectivity index (χ2v) is 6.71. The Morgan fingerprint density at radius 2 is 1.73 bits per heavy atom. The summed E-state index contributed by atoms with van der Waals surface area (Å²) < 4.78 is 10.5. The van der Waals surface area contributed by atoms with E-state index in [1.54, 1.807) is 0 Å². The molecule has 6 heteroatoms. The van der Waals surface area contributed by atoms with Crippen LogP contribution in [-0.4, -0.2) is 43.4 Å². The van der Waals surface area contributed by atoms with Gasteiger partial charge in [-0.05, 0) is 47.0 Å². The molecule has 6 nitrogen and oxygen atoms in total. The number of ether oxygens (including phenoxy) is 2. The molecule has 0 aliphatic carbocycles. The fraction of sp³-hybridized carbons (Fsp3) is 0.875. The Morgan fingerprint density at radius 3 is 2.27 bits per heavy atom. The number of nitrogens with one attached hydrogen (secondary N) is 2. The molecule has 0 aromatic heterocycles. The van der Waals surface area contributed by atoms with Gasteiger partial charge in [-0.25, -0.2) is 4.79 Å². The molecule has 0 aliphatic heterocycles. The Morgan fingerprint density at radius 1 is 1.09 bits per heavy atom. The second kappa shape index (κ2) is 9.66. The third kappa shape index (κ3) is 10.4. The van der Waals surface area contributed by atoms with Gasteiger partial charge in [-0.1, -0.05) is 6.92 Å². The number of carbonyl (C=O) groups excluding carboxylic acids is 2. The molecule has 130 valence electrons. The highest BCUT2D eigenvalue weighted by Gasteiger charge is 2.23. The fourth-order valence-corrected chi connectivity index (χ4v) is 1.86. The lowest BCUT2D eigenvalue weighted by Crippen LogP contribution is -2.44. The van der Waals surface area contributed by atoms with Crippen molar-refractivity contribution in [2.75, 3.05) is 20.3 Å². The molecule has 0 aliphatic rings. The molecular weight excluding hydrogens is 284 g/mol. The molecule has 0 bridgehead atoms. The SMILES string of the molecule is CCCC(=O)NCCC(C)(C)OCCC(C)(C)NC(=O)OC. The molecule has 2 N–H and O–H groups in total. The molecule has 22 heavy (non-hydrogen) atoms. The minimum atomic E-state index is -0.442. The minimum absolute atomic E-state index is 0.0849. The molecule has 0 spiro atoms. The average Bonchev–Trinajstić information content (AvgIpc) is 2.37. The van der Waals surface area contributed by atoms with Crippen molar-refractivity contribution in [3.8, 4) is 0 Å². The van der Waals surface area contributed by atoms with E-state index >= 15 is 0 Å². The number of hydrogen-bond donors (Lipinski definition) is 2. The van der Waals surface area contributed by atoms with E-state index in [2.05, 4.69) is 15.4 Å². The molecule has 0 fully saturated rings. The summed E-state index contributed by atoms with van der Waals surface area (Å²) in [6.45, 7) is 11.0. The van der Waals surface area contributed by atoms with Crippen molar-refractivity contribution in [3.05, 3.63) is 0 Å². The highest BCUT2D eigenvalue weighted by molar-refractivity contribution is 5.75. The van der Waals surface area contributed by atoms with E-state index in [4.69, 9.17) is 4.74 Å². The van der Waals surface area contributed by atoms with Gasteiger partial charge in [0.2, 0.25) is 5.91 Å². The predicted molar refractivity (Wildman–Crippen MR) is 86.8 cm³/mol. The number of alkyl carbamates (subject to hydrolysis) is 1. The van der Waals surface area contributed by atoms with Crippen LogP contribution < -0.4 is 10.6 Å². The average molecular weight is 316 g/mol. The first kappa shape index (κ1) is 20.7. The number of carbonyl (C=O) groups is 2. The van der Waals surface area contributed by atoms with E-state index in [0.29, 0.717) is 26.0 Å². The van der Waals surface area contributed by atoms with Crippen molar-refractivity contribution in [2.45, 2.75) is 71.4 Å². The van der Waals surface area contributed by atoms with E-state index in [1.807, 2.05) is 34.6 Å². The summed E-state index contributed by atoms with van der Waals surface area (Å²) >= 11 is 0. The lowest BCUT2D eigenvalue weighted by atomic mass is 10.0. The quantitative estimate of drug-likeness (QED) is 0.649. The summed E-state index contributed by atoms with van der Waals surface area (Å²) in [4.78, 5) is 22.6. The summed E-state index contributed by atoms with van der Waals surface area (Å²) in [6.07, 6.45) is 2.40. The van der Waals surface area contributed by atoms with Crippen molar-refractivity contribution in [1.29, 1.82) is 0 Å². The highest BCUT2D eigenvalue weighted by Crippen LogP contribution is 2.17. The Balaban J connectivity index is 4.01. The summed E-state index contributed by atoms with van der Waals surface area (Å²) in [5.41, 5.74) is -0.709. The van der Waals surface area contributed by atoms with Gasteiger partial charge in [-0.2, -0.15) is 0 Å². The maximum Gasteiger partial charge on any atom is 0.407 e. The van der Waals surface area contributed by atoms with Gasteiger partial charge in [-0.15, -0.1) is 0 Å². The van der Waals surface area contributed by atoms with Crippen molar-refractivity contribution >= 4 is 12.0 Å². The van der Waals surface area contributed by atoms with Gasteiger partial charge in [0, 0.05) is 25.1 Å². The van der Waals surface area contributed by atoms with Gasteiger partial charge in [0.15, 0.2) is 0 Å². The van der Waals surface area contributed by atoms with Crippen LogP contribution in [0.1, 0.15) is 60.3 Å². The van der Waals surface area contributed by atoms with Crippen LogP contribution in [-0.2, 0) is 14.3 Å². The smallest absolute Gasteiger partial charge is 0.407 e. The van der Waals surface area contributed by atoms with Crippen molar-refractivity contribution < 1.29 is 19.1 Å². The summed E-state index contributed by atoms with van der Waals surface area (Å²) in [5.74, 6) is 0.0849. The third-order valence-corrected chi connectivity index (χ3v) is 3.37. The number of rotatable bonds is 10. The van der Waals surface area contributed by atoms with Crippen molar-refractivity contribution in [1.82, 2.24) is 10.6 Å². The van der Waals surface area contributed by atoms with Crippen LogP contribution in [0.4, 0.5) is 4.79 Å². The first-order valence-corrected chi connectivity index (χ1v) is 7.88. The zero-order valence-electron chi connectivity index (χ0n) is 14.9. The van der Waals surface area contributed by atoms with Crippen LogP contribution in [0.5, 0.6) is 0 Å². The number of methoxy groups -OCH3 is 1. The third-order valence-electron chi connectivity index (χ3n) is 3.37. The van der Waals surface area contributed by atoms with E-state index in [-0.39, 0.29) is 11.5 Å². The number of amides is 2. The van der Waals surface area contributed by atoms with Crippen LogP contribution >= 0.6 is 0 Å². The normalized spacial score (nSPS) is 11.9. The van der Waals surface area contributed by atoms with Crippen molar-refractivity contribution in [2.24, 2.45) is 0 Å². The van der Waals surface area contributed by atoms with Gasteiger partial charge in [0.1, 0.15) is 0 Å². The highest BCUT2D eigenvalue weighted by atomic mass is 16.5. The molecule has 0 rings (SSSR count). The summed E-state index contributed by atoms with van der Waals surface area (Å²) in [6, 6.07) is 0. The molecule has 0 aromatic carbocycles. The van der Waals surface area contributed by atoms with Crippen molar-refractivity contribution in [3.63, 3.8) is 0 Å². The Hall–Kier alpha value is -1.30.